The molecule has 0 radical (unpaired) electrons. The molecule has 0 amide bonds. The fraction of sp³-hybridized carbons (Fsp3) is 0.111. The SMILES string of the molecule is C=C(C)CN=c1scc(-c2cccs2)n1N=Cc1ccc([N+](=O)[O-])cc1. The van der Waals surface area contributed by atoms with Crippen LogP contribution in [0.25, 0.3) is 10.6 Å². The van der Waals surface area contributed by atoms with Gasteiger partial charge in [-0.05, 0) is 36.1 Å². The van der Waals surface area contributed by atoms with Crippen LogP contribution in [0.2, 0.25) is 0 Å². The Morgan fingerprint density at radius 3 is 2.69 bits per heavy atom. The third-order valence-electron chi connectivity index (χ3n) is 3.37. The van der Waals surface area contributed by atoms with E-state index in [1.807, 2.05) is 29.8 Å². The number of non-ortho nitro benzene ring substituents is 1. The van der Waals surface area contributed by atoms with Crippen LogP contribution in [0.5, 0.6) is 0 Å². The minimum Gasteiger partial charge on any atom is -0.258 e. The van der Waals surface area contributed by atoms with Gasteiger partial charge in [0.1, 0.15) is 0 Å². The molecule has 0 aliphatic carbocycles. The summed E-state index contributed by atoms with van der Waals surface area (Å²) in [5.41, 5.74) is 2.77. The molecule has 0 spiro atoms. The highest BCUT2D eigenvalue weighted by Gasteiger charge is 2.08. The van der Waals surface area contributed by atoms with Crippen LogP contribution in [-0.2, 0) is 0 Å². The molecule has 0 saturated heterocycles. The lowest BCUT2D eigenvalue weighted by Crippen LogP contribution is -2.12. The molecule has 3 rings (SSSR count). The van der Waals surface area contributed by atoms with Crippen LogP contribution < -0.4 is 4.80 Å². The van der Waals surface area contributed by atoms with Crippen LogP contribution in [0.4, 0.5) is 5.69 Å². The van der Waals surface area contributed by atoms with Crippen LogP contribution in [0, 0.1) is 10.1 Å². The summed E-state index contributed by atoms with van der Waals surface area (Å²) in [4.78, 5) is 16.8. The summed E-state index contributed by atoms with van der Waals surface area (Å²) in [5, 5.41) is 19.4. The maximum atomic E-state index is 10.8. The zero-order valence-electron chi connectivity index (χ0n) is 14.0. The van der Waals surface area contributed by atoms with Gasteiger partial charge in [0.15, 0.2) is 0 Å². The summed E-state index contributed by atoms with van der Waals surface area (Å²) in [7, 11) is 0. The second-order valence-corrected chi connectivity index (χ2v) is 7.34. The van der Waals surface area contributed by atoms with Gasteiger partial charge in [-0.1, -0.05) is 18.2 Å². The smallest absolute Gasteiger partial charge is 0.258 e. The van der Waals surface area contributed by atoms with Crippen molar-refractivity contribution in [2.75, 3.05) is 6.54 Å². The van der Waals surface area contributed by atoms with Gasteiger partial charge in [0.2, 0.25) is 4.80 Å². The predicted octanol–water partition coefficient (Wildman–Crippen LogP) is 4.55. The van der Waals surface area contributed by atoms with Crippen molar-refractivity contribution in [3.8, 4) is 10.6 Å². The van der Waals surface area contributed by atoms with Gasteiger partial charge in [-0.3, -0.25) is 15.1 Å². The van der Waals surface area contributed by atoms with Gasteiger partial charge in [0.25, 0.3) is 5.69 Å². The largest absolute Gasteiger partial charge is 0.269 e. The molecule has 0 N–H and O–H groups in total. The third-order valence-corrected chi connectivity index (χ3v) is 5.12. The first kappa shape index (κ1) is 18.0. The zero-order chi connectivity index (χ0) is 18.5. The van der Waals surface area contributed by atoms with Crippen LogP contribution in [0.1, 0.15) is 12.5 Å². The number of aromatic nitrogens is 1. The summed E-state index contributed by atoms with van der Waals surface area (Å²) in [5.74, 6) is 0. The van der Waals surface area contributed by atoms with Gasteiger partial charge in [-0.15, -0.1) is 22.7 Å². The number of nitrogens with zero attached hydrogens (tertiary/aromatic N) is 4. The molecule has 1 aromatic carbocycles. The van der Waals surface area contributed by atoms with Crippen molar-refractivity contribution >= 4 is 34.6 Å². The average molecular weight is 384 g/mol. The first-order chi connectivity index (χ1) is 12.5. The van der Waals surface area contributed by atoms with E-state index in [0.717, 1.165) is 26.5 Å². The second-order valence-electron chi connectivity index (χ2n) is 5.56. The molecule has 132 valence electrons. The van der Waals surface area contributed by atoms with E-state index in [0.29, 0.717) is 6.54 Å². The Balaban J connectivity index is 1.98. The van der Waals surface area contributed by atoms with Gasteiger partial charge in [-0.25, -0.2) is 4.68 Å². The number of hydrogen-bond donors (Lipinski definition) is 0. The van der Waals surface area contributed by atoms with Crippen molar-refractivity contribution in [2.24, 2.45) is 10.1 Å². The van der Waals surface area contributed by atoms with Gasteiger partial charge >= 0.3 is 0 Å². The van der Waals surface area contributed by atoms with E-state index in [1.54, 1.807) is 34.4 Å². The summed E-state index contributed by atoms with van der Waals surface area (Å²) in [6.45, 7) is 6.35. The van der Waals surface area contributed by atoms with Crippen LogP contribution >= 0.6 is 22.7 Å². The number of thiazole rings is 1. The van der Waals surface area contributed by atoms with E-state index in [9.17, 15) is 10.1 Å². The van der Waals surface area contributed by atoms with Gasteiger partial charge in [0.05, 0.1) is 28.3 Å². The van der Waals surface area contributed by atoms with E-state index in [1.165, 1.54) is 23.5 Å². The van der Waals surface area contributed by atoms with Crippen molar-refractivity contribution in [3.05, 3.63) is 79.8 Å². The Kier molecular flexibility index (Phi) is 5.55. The lowest BCUT2D eigenvalue weighted by atomic mass is 10.2. The van der Waals surface area contributed by atoms with Gasteiger partial charge in [0, 0.05) is 17.5 Å². The molecule has 8 heteroatoms. The maximum Gasteiger partial charge on any atom is 0.269 e. The van der Waals surface area contributed by atoms with Gasteiger partial charge < -0.3 is 0 Å². The Morgan fingerprint density at radius 1 is 1.31 bits per heavy atom. The Bertz CT molecular complexity index is 1010. The predicted molar refractivity (Wildman–Crippen MR) is 107 cm³/mol. The van der Waals surface area contributed by atoms with E-state index in [-0.39, 0.29) is 5.69 Å². The lowest BCUT2D eigenvalue weighted by Gasteiger charge is -2.01. The molecule has 6 nitrogen and oxygen atoms in total. The fourth-order valence-corrected chi connectivity index (χ4v) is 3.75. The molecular weight excluding hydrogens is 368 g/mol. The quantitative estimate of drug-likeness (QED) is 0.271. The molecule has 0 saturated carbocycles. The van der Waals surface area contributed by atoms with Crippen LogP contribution in [0.3, 0.4) is 0 Å². The molecule has 2 aromatic heterocycles. The lowest BCUT2D eigenvalue weighted by molar-refractivity contribution is -0.384. The number of hydrogen-bond acceptors (Lipinski definition) is 6. The summed E-state index contributed by atoms with van der Waals surface area (Å²) in [6.07, 6.45) is 1.67. The van der Waals surface area contributed by atoms with Gasteiger partial charge in [-0.2, -0.15) is 5.10 Å². The molecular formula is C18H16N4O2S2. The molecule has 0 atom stereocenters. The topological polar surface area (TPSA) is 72.8 Å². The molecule has 0 fully saturated rings. The highest BCUT2D eigenvalue weighted by atomic mass is 32.1. The van der Waals surface area contributed by atoms with Crippen molar-refractivity contribution in [1.29, 1.82) is 0 Å². The van der Waals surface area contributed by atoms with Crippen molar-refractivity contribution < 1.29 is 4.92 Å². The summed E-state index contributed by atoms with van der Waals surface area (Å²) < 4.78 is 1.79. The minimum atomic E-state index is -0.419. The number of benzene rings is 1. The van der Waals surface area contributed by atoms with Crippen molar-refractivity contribution in [2.45, 2.75) is 6.92 Å². The number of nitro groups is 1. The first-order valence-electron chi connectivity index (χ1n) is 7.72. The monoisotopic (exact) mass is 384 g/mol. The molecule has 3 aromatic rings. The maximum absolute atomic E-state index is 10.8. The molecule has 26 heavy (non-hydrogen) atoms. The Labute approximate surface area is 158 Å². The Morgan fingerprint density at radius 2 is 2.08 bits per heavy atom. The molecule has 0 unspecified atom stereocenters. The summed E-state index contributed by atoms with van der Waals surface area (Å²) >= 11 is 3.15. The number of thiophene rings is 1. The van der Waals surface area contributed by atoms with Crippen LogP contribution in [-0.4, -0.2) is 22.4 Å². The third kappa shape index (κ3) is 4.22. The zero-order valence-corrected chi connectivity index (χ0v) is 15.7. The average Bonchev–Trinajstić information content (AvgIpc) is 3.27. The fourth-order valence-electron chi connectivity index (χ4n) is 2.12. The minimum absolute atomic E-state index is 0.0572. The van der Waals surface area contributed by atoms with E-state index < -0.39 is 4.92 Å². The van der Waals surface area contributed by atoms with E-state index in [2.05, 4.69) is 16.7 Å². The molecule has 2 heterocycles. The van der Waals surface area contributed by atoms with E-state index >= 15 is 0 Å². The highest BCUT2D eigenvalue weighted by Crippen LogP contribution is 2.25. The van der Waals surface area contributed by atoms with Crippen molar-refractivity contribution in [1.82, 2.24) is 4.68 Å². The second kappa shape index (κ2) is 8.03. The van der Waals surface area contributed by atoms with Crippen LogP contribution in [0.15, 0.2) is 69.4 Å². The highest BCUT2D eigenvalue weighted by molar-refractivity contribution is 7.14. The first-order valence-corrected chi connectivity index (χ1v) is 9.48. The molecule has 0 bridgehead atoms. The molecule has 0 aliphatic heterocycles. The number of nitro benzene ring substituents is 1. The Hall–Kier alpha value is -2.84. The summed E-state index contributed by atoms with van der Waals surface area (Å²) in [6, 6.07) is 10.3. The normalized spacial score (nSPS) is 12.0. The standard InChI is InChI=1S/C18H16N4O2S2/c1-13(2)10-19-18-21(16(12-26-18)17-4-3-9-25-17)20-11-14-5-7-15(8-6-14)22(23)24/h3-9,11-12H,1,10H2,2H3. The number of rotatable bonds is 6. The van der Waals surface area contributed by atoms with Crippen molar-refractivity contribution in [3.63, 3.8) is 0 Å². The molecule has 0 aliphatic rings. The van der Waals surface area contributed by atoms with E-state index in [4.69, 9.17) is 0 Å².